The first kappa shape index (κ1) is 45.5. The number of aromatic amines is 1. The number of ketones is 1. The third-order valence-corrected chi connectivity index (χ3v) is 15.3. The fourth-order valence-electron chi connectivity index (χ4n) is 12.1. The number of aliphatic hydroxyl groups excluding tert-OH is 4. The van der Waals surface area contributed by atoms with Crippen LogP contribution in [0.3, 0.4) is 0 Å². The molecule has 0 spiro atoms. The largest absolute Gasteiger partial charge is 0.492 e. The summed E-state index contributed by atoms with van der Waals surface area (Å²) in [5.74, 6) is -3.18. The summed E-state index contributed by atoms with van der Waals surface area (Å²) in [6, 6.07) is 5.97. The molecule has 1 aromatic heterocycles. The highest BCUT2D eigenvalue weighted by molar-refractivity contribution is 6.11. The number of allylic oxidation sites excluding steroid dienone is 3. The van der Waals surface area contributed by atoms with Crippen LogP contribution in [0.5, 0.6) is 17.2 Å². The summed E-state index contributed by atoms with van der Waals surface area (Å²) in [5.41, 5.74) is 2.97. The highest BCUT2D eigenvalue weighted by Crippen LogP contribution is 2.59. The quantitative estimate of drug-likeness (QED) is 0.0864. The van der Waals surface area contributed by atoms with Gasteiger partial charge in [0.05, 0.1) is 43.1 Å². The van der Waals surface area contributed by atoms with Gasteiger partial charge in [-0.15, -0.1) is 0 Å². The number of carbonyl (C=O) groups is 3. The molecule has 1 saturated heterocycles. The number of aromatic nitrogens is 1. The van der Waals surface area contributed by atoms with Crippen LogP contribution in [0.2, 0.25) is 0 Å². The minimum Gasteiger partial charge on any atom is -0.492 e. The molecule has 8 unspecified atom stereocenters. The lowest BCUT2D eigenvalue weighted by Crippen LogP contribution is -2.61. The van der Waals surface area contributed by atoms with Crippen molar-refractivity contribution in [3.05, 3.63) is 69.1 Å². The van der Waals surface area contributed by atoms with E-state index in [0.29, 0.717) is 49.7 Å². The lowest BCUT2D eigenvalue weighted by Gasteiger charge is -2.53. The van der Waals surface area contributed by atoms with Gasteiger partial charge in [-0.25, -0.2) is 4.79 Å². The maximum absolute atomic E-state index is 14.5. The summed E-state index contributed by atoms with van der Waals surface area (Å²) in [7, 11) is 1.69. The van der Waals surface area contributed by atoms with E-state index in [1.54, 1.807) is 14.0 Å². The molecule has 6 aliphatic rings. The van der Waals surface area contributed by atoms with Crippen LogP contribution in [-0.2, 0) is 43.3 Å². The van der Waals surface area contributed by atoms with Gasteiger partial charge in [0.1, 0.15) is 34.7 Å². The van der Waals surface area contributed by atoms with E-state index in [1.165, 1.54) is 0 Å². The lowest BCUT2D eigenvalue weighted by atomic mass is 9.60. The Balaban J connectivity index is 1.23. The molecule has 9 rings (SSSR count). The van der Waals surface area contributed by atoms with Gasteiger partial charge >= 0.3 is 5.97 Å². The molecule has 0 radical (unpaired) electrons. The van der Waals surface area contributed by atoms with Gasteiger partial charge in [-0.2, -0.15) is 0 Å². The Morgan fingerprint density at radius 3 is 2.62 bits per heavy atom. The minimum absolute atomic E-state index is 0.0167. The van der Waals surface area contributed by atoms with Crippen LogP contribution in [0.25, 0.3) is 16.5 Å². The molecular formula is C50H62N2O13. The van der Waals surface area contributed by atoms with Gasteiger partial charge in [-0.3, -0.25) is 9.59 Å². The number of aldehydes is 1. The summed E-state index contributed by atoms with van der Waals surface area (Å²) in [4.78, 5) is 47.6. The highest BCUT2D eigenvalue weighted by atomic mass is 16.6. The number of hydrogen-bond acceptors (Lipinski definition) is 14. The first-order chi connectivity index (χ1) is 31.6. The number of aliphatic hydroxyl groups is 5. The number of H-pyrrole nitrogens is 1. The molecule has 65 heavy (non-hydrogen) atoms. The molecule has 3 fully saturated rings. The van der Waals surface area contributed by atoms with E-state index in [-0.39, 0.29) is 109 Å². The summed E-state index contributed by atoms with van der Waals surface area (Å²) < 4.78 is 31.1. The van der Waals surface area contributed by atoms with Gasteiger partial charge in [0.2, 0.25) is 5.76 Å². The SMILES string of the molecule is CCOC(=O)C1=C(C=O)C2=C3CC(CO)C(=O)C(C3)c3cc4cc[nH]c4cc3CCC(CO)COc3c4c(c(CO)c(c32)O1)OC(C1(O)CC(CO)CC2CN(CCCOC)CCC21)C4. The molecule has 2 aromatic carbocycles. The number of piperidine rings is 1. The van der Waals surface area contributed by atoms with Gasteiger partial charge in [0.25, 0.3) is 0 Å². The highest BCUT2D eigenvalue weighted by Gasteiger charge is 2.57. The van der Waals surface area contributed by atoms with Crippen LogP contribution in [0.1, 0.15) is 85.6 Å². The van der Waals surface area contributed by atoms with Crippen molar-refractivity contribution >= 4 is 34.5 Å². The zero-order valence-corrected chi connectivity index (χ0v) is 37.3. The molecule has 6 N–H and O–H groups in total. The summed E-state index contributed by atoms with van der Waals surface area (Å²) in [5, 5.41) is 57.7. The van der Waals surface area contributed by atoms with Crippen LogP contribution < -0.4 is 14.2 Å². The zero-order valence-electron chi connectivity index (χ0n) is 37.3. The van der Waals surface area contributed by atoms with E-state index in [0.717, 1.165) is 54.5 Å². The van der Waals surface area contributed by atoms with E-state index in [1.807, 2.05) is 24.4 Å². The molecule has 350 valence electrons. The predicted molar refractivity (Wildman–Crippen MR) is 237 cm³/mol. The number of methoxy groups -OCH3 is 1. The summed E-state index contributed by atoms with van der Waals surface area (Å²) >= 11 is 0. The molecular weight excluding hydrogens is 837 g/mol. The van der Waals surface area contributed by atoms with Crippen molar-refractivity contribution in [3.63, 3.8) is 0 Å². The van der Waals surface area contributed by atoms with Crippen molar-refractivity contribution in [2.24, 2.45) is 29.6 Å². The second-order valence-electron chi connectivity index (χ2n) is 19.0. The van der Waals surface area contributed by atoms with Gasteiger partial charge in [-0.05, 0) is 117 Å². The predicted octanol–water partition coefficient (Wildman–Crippen LogP) is 3.92. The molecule has 2 aliphatic carbocycles. The standard InChI is InChI=1S/C50H62N2O13/c1-3-62-49(59)48-37(24-56)42-31-14-33(23-55)44(58)35(16-31)34-15-30-7-9-51-40(30)17-29(34)6-5-27(21-53)26-63-46-36-18-41(64-45(36)38(25-57)47(65-48)43(42)46)50(60)19-28(22-54)13-32-20-52(10-4-12-61-2)11-8-39(32)50/h7,9,15,17,24,27-28,32-33,35,39,41,51,53-55,57,60H,3-6,8,10-14,16,18-23,25-26H2,1-2H3. The fraction of sp³-hybridized carbons (Fsp3) is 0.580. The maximum Gasteiger partial charge on any atom is 0.375 e. The van der Waals surface area contributed by atoms with Crippen LogP contribution in [0.4, 0.5) is 0 Å². The summed E-state index contributed by atoms with van der Waals surface area (Å²) in [6.45, 7) is 3.30. The van der Waals surface area contributed by atoms with Crippen molar-refractivity contribution in [3.8, 4) is 17.2 Å². The van der Waals surface area contributed by atoms with E-state index < -0.39 is 54.4 Å². The van der Waals surface area contributed by atoms with Gasteiger partial charge in [0, 0.05) is 87.0 Å². The number of Topliss-reactive ketones (excluding diaryl/α,β-unsaturated/α-hetero) is 1. The Bertz CT molecular complexity index is 2390. The van der Waals surface area contributed by atoms with E-state index in [4.69, 9.17) is 23.7 Å². The number of rotatable bonds is 12. The lowest BCUT2D eigenvalue weighted by molar-refractivity contribution is -0.167. The molecule has 0 amide bonds. The van der Waals surface area contributed by atoms with E-state index in [2.05, 4.69) is 9.88 Å². The molecule has 15 heteroatoms. The average Bonchev–Trinajstić information content (AvgIpc) is 3.98. The van der Waals surface area contributed by atoms with Crippen LogP contribution >= 0.6 is 0 Å². The smallest absolute Gasteiger partial charge is 0.375 e. The van der Waals surface area contributed by atoms with Gasteiger partial charge in [0.15, 0.2) is 6.29 Å². The molecule has 8 atom stereocenters. The Hall–Kier alpha value is -4.61. The van der Waals surface area contributed by atoms with Crippen molar-refractivity contribution in [2.45, 2.75) is 88.9 Å². The summed E-state index contributed by atoms with van der Waals surface area (Å²) in [6.07, 6.45) is 5.55. The third kappa shape index (κ3) is 8.10. The van der Waals surface area contributed by atoms with Crippen LogP contribution in [0.15, 0.2) is 41.3 Å². The van der Waals surface area contributed by atoms with Gasteiger partial charge in [-0.1, -0.05) is 5.57 Å². The Labute approximate surface area is 378 Å². The monoisotopic (exact) mass is 898 g/mol. The Morgan fingerprint density at radius 2 is 1.88 bits per heavy atom. The number of benzene rings is 2. The molecule has 4 aliphatic heterocycles. The number of carbonyl (C=O) groups excluding carboxylic acids is 3. The second kappa shape index (κ2) is 18.9. The number of nitrogens with zero attached hydrogens (tertiary/aromatic N) is 1. The fourth-order valence-corrected chi connectivity index (χ4v) is 12.1. The van der Waals surface area contributed by atoms with Crippen molar-refractivity contribution < 1.29 is 63.6 Å². The van der Waals surface area contributed by atoms with Crippen molar-refractivity contribution in [2.75, 3.05) is 66.4 Å². The number of fused-ring (bicyclic) bond motifs is 8. The zero-order chi connectivity index (χ0) is 45.6. The molecule has 5 heterocycles. The topological polar surface area (TPSA) is 218 Å². The second-order valence-corrected chi connectivity index (χ2v) is 19.0. The Morgan fingerprint density at radius 1 is 1.05 bits per heavy atom. The van der Waals surface area contributed by atoms with Crippen molar-refractivity contribution in [1.29, 1.82) is 0 Å². The number of esters is 1. The van der Waals surface area contributed by atoms with Crippen LogP contribution in [-0.4, -0.2) is 132 Å². The maximum atomic E-state index is 14.5. The van der Waals surface area contributed by atoms with Crippen LogP contribution in [0, 0.1) is 29.6 Å². The number of aryl methyl sites for hydroxylation is 1. The van der Waals surface area contributed by atoms with E-state index in [9.17, 15) is 39.9 Å². The molecule has 2 saturated carbocycles. The Kier molecular flexibility index (Phi) is 13.3. The minimum atomic E-state index is -1.39. The normalized spacial score (nSPS) is 29.0. The number of nitrogens with one attached hydrogen (secondary N) is 1. The first-order valence-corrected chi connectivity index (χ1v) is 23.4. The first-order valence-electron chi connectivity index (χ1n) is 23.4. The van der Waals surface area contributed by atoms with E-state index >= 15 is 0 Å². The molecule has 15 nitrogen and oxygen atoms in total. The molecule has 2 bridgehead atoms. The number of likely N-dealkylation sites (tertiary alicyclic amines) is 1. The third-order valence-electron chi connectivity index (χ3n) is 15.3. The molecule has 3 aromatic rings. The van der Waals surface area contributed by atoms with Crippen molar-refractivity contribution in [1.82, 2.24) is 9.88 Å². The van der Waals surface area contributed by atoms with Gasteiger partial charge < -0.3 is 59.1 Å². The number of ether oxygens (including phenoxy) is 5. The average molecular weight is 899 g/mol. The number of hydrogen-bond donors (Lipinski definition) is 6.